The summed E-state index contributed by atoms with van der Waals surface area (Å²) in [5.74, 6) is 1.71. The van der Waals surface area contributed by atoms with Crippen molar-refractivity contribution in [3.8, 4) is 0 Å². The van der Waals surface area contributed by atoms with Crippen LogP contribution < -0.4 is 10.6 Å². The number of piperidine rings is 1. The van der Waals surface area contributed by atoms with E-state index < -0.39 is 0 Å². The molecule has 0 amide bonds. The second-order valence-corrected chi connectivity index (χ2v) is 7.49. The van der Waals surface area contributed by atoms with Crippen LogP contribution in [0.3, 0.4) is 0 Å². The molecule has 3 rings (SSSR count). The monoisotopic (exact) mass is 328 g/mol. The molecule has 0 aromatic heterocycles. The minimum Gasteiger partial charge on any atom is -0.357 e. The minimum absolute atomic E-state index is 0.286. The number of hydrogen-bond acceptors (Lipinski definition) is 2. The predicted molar refractivity (Wildman–Crippen MR) is 102 cm³/mol. The average molecular weight is 329 g/mol. The molecule has 1 unspecified atom stereocenters. The standard InChI is InChI=1S/C20H32N4/c1-3-21-19(22-14-17-8-7-13-24(2)15-17)23-16-20(11-12-20)18-9-5-4-6-10-18/h4-6,9-10,17H,3,7-8,11-16H2,1-2H3,(H2,21,22,23). The number of likely N-dealkylation sites (tertiary alicyclic amines) is 1. The third kappa shape index (κ3) is 4.50. The fraction of sp³-hybridized carbons (Fsp3) is 0.650. The summed E-state index contributed by atoms with van der Waals surface area (Å²) < 4.78 is 0. The Kier molecular flexibility index (Phi) is 5.77. The first-order valence-electron chi connectivity index (χ1n) is 9.48. The van der Waals surface area contributed by atoms with Crippen LogP contribution >= 0.6 is 0 Å². The topological polar surface area (TPSA) is 39.7 Å². The fourth-order valence-electron chi connectivity index (χ4n) is 3.73. The maximum absolute atomic E-state index is 4.91. The van der Waals surface area contributed by atoms with E-state index >= 15 is 0 Å². The van der Waals surface area contributed by atoms with Crippen molar-refractivity contribution in [1.29, 1.82) is 0 Å². The fourth-order valence-corrected chi connectivity index (χ4v) is 3.73. The zero-order valence-corrected chi connectivity index (χ0v) is 15.2. The Morgan fingerprint density at radius 2 is 2.04 bits per heavy atom. The quantitative estimate of drug-likeness (QED) is 0.623. The van der Waals surface area contributed by atoms with Crippen LogP contribution in [0.1, 0.15) is 38.2 Å². The molecular formula is C20H32N4. The van der Waals surface area contributed by atoms with Gasteiger partial charge in [-0.05, 0) is 57.7 Å². The van der Waals surface area contributed by atoms with E-state index in [0.717, 1.165) is 31.5 Å². The molecular weight excluding hydrogens is 296 g/mol. The van der Waals surface area contributed by atoms with Gasteiger partial charge in [-0.3, -0.25) is 4.99 Å². The summed E-state index contributed by atoms with van der Waals surface area (Å²) in [4.78, 5) is 7.35. The number of hydrogen-bond donors (Lipinski definition) is 2. The highest BCUT2D eigenvalue weighted by Crippen LogP contribution is 2.48. The van der Waals surface area contributed by atoms with Gasteiger partial charge in [-0.2, -0.15) is 0 Å². The molecule has 1 aromatic carbocycles. The Hall–Kier alpha value is -1.55. The maximum Gasteiger partial charge on any atom is 0.191 e. The van der Waals surface area contributed by atoms with Gasteiger partial charge in [-0.25, -0.2) is 0 Å². The van der Waals surface area contributed by atoms with Gasteiger partial charge < -0.3 is 15.5 Å². The number of aliphatic imine (C=N–C) groups is 1. The lowest BCUT2D eigenvalue weighted by atomic mass is 9.96. The van der Waals surface area contributed by atoms with E-state index in [9.17, 15) is 0 Å². The summed E-state index contributed by atoms with van der Waals surface area (Å²) in [5, 5.41) is 6.99. The molecule has 0 spiro atoms. The van der Waals surface area contributed by atoms with E-state index in [1.54, 1.807) is 0 Å². The van der Waals surface area contributed by atoms with Crippen LogP contribution in [0, 0.1) is 5.92 Å². The summed E-state index contributed by atoms with van der Waals surface area (Å²) in [6.45, 7) is 7.39. The summed E-state index contributed by atoms with van der Waals surface area (Å²) in [6, 6.07) is 10.9. The first-order chi connectivity index (χ1) is 11.7. The van der Waals surface area contributed by atoms with Crippen LogP contribution in [0.4, 0.5) is 0 Å². The lowest BCUT2D eigenvalue weighted by molar-refractivity contribution is 0.210. The molecule has 1 atom stereocenters. The molecule has 2 fully saturated rings. The first-order valence-corrected chi connectivity index (χ1v) is 9.48. The van der Waals surface area contributed by atoms with Gasteiger partial charge in [0.2, 0.25) is 0 Å². The molecule has 1 aliphatic carbocycles. The van der Waals surface area contributed by atoms with Gasteiger partial charge in [0.1, 0.15) is 0 Å². The second kappa shape index (κ2) is 8.02. The molecule has 1 saturated carbocycles. The molecule has 0 radical (unpaired) electrons. The van der Waals surface area contributed by atoms with Crippen LogP contribution in [-0.4, -0.2) is 50.6 Å². The third-order valence-corrected chi connectivity index (χ3v) is 5.40. The lowest BCUT2D eigenvalue weighted by Gasteiger charge is -2.30. The SMILES string of the molecule is CCNC(=NCC1(c2ccccc2)CC1)NCC1CCCN(C)C1. The van der Waals surface area contributed by atoms with Crippen molar-refractivity contribution in [1.82, 2.24) is 15.5 Å². The van der Waals surface area contributed by atoms with Crippen molar-refractivity contribution in [3.05, 3.63) is 35.9 Å². The molecule has 0 bridgehead atoms. The molecule has 1 aromatic rings. The van der Waals surface area contributed by atoms with E-state index in [4.69, 9.17) is 4.99 Å². The molecule has 2 aliphatic rings. The van der Waals surface area contributed by atoms with Crippen LogP contribution in [0.5, 0.6) is 0 Å². The highest BCUT2D eigenvalue weighted by Gasteiger charge is 2.43. The number of benzene rings is 1. The highest BCUT2D eigenvalue weighted by atomic mass is 15.2. The first kappa shape index (κ1) is 17.3. The van der Waals surface area contributed by atoms with E-state index in [1.807, 2.05) is 0 Å². The Morgan fingerprint density at radius 3 is 2.71 bits per heavy atom. The van der Waals surface area contributed by atoms with Crippen molar-refractivity contribution in [2.45, 2.75) is 38.0 Å². The normalized spacial score (nSPS) is 23.8. The maximum atomic E-state index is 4.91. The molecule has 1 saturated heterocycles. The van der Waals surface area contributed by atoms with Crippen LogP contribution in [0.15, 0.2) is 35.3 Å². The third-order valence-electron chi connectivity index (χ3n) is 5.40. The van der Waals surface area contributed by atoms with E-state index in [-0.39, 0.29) is 5.41 Å². The predicted octanol–water partition coefficient (Wildman–Crippen LogP) is 2.62. The van der Waals surface area contributed by atoms with E-state index in [1.165, 1.54) is 44.3 Å². The zero-order valence-electron chi connectivity index (χ0n) is 15.2. The van der Waals surface area contributed by atoms with Crippen molar-refractivity contribution in [2.75, 3.05) is 39.8 Å². The molecule has 4 nitrogen and oxygen atoms in total. The molecule has 2 N–H and O–H groups in total. The number of rotatable bonds is 6. The van der Waals surface area contributed by atoms with Crippen molar-refractivity contribution in [2.24, 2.45) is 10.9 Å². The number of nitrogens with one attached hydrogen (secondary N) is 2. The summed E-state index contributed by atoms with van der Waals surface area (Å²) >= 11 is 0. The Morgan fingerprint density at radius 1 is 1.25 bits per heavy atom. The average Bonchev–Trinajstić information content (AvgIpc) is 3.39. The van der Waals surface area contributed by atoms with Crippen LogP contribution in [-0.2, 0) is 5.41 Å². The largest absolute Gasteiger partial charge is 0.357 e. The second-order valence-electron chi connectivity index (χ2n) is 7.49. The van der Waals surface area contributed by atoms with Crippen molar-refractivity contribution < 1.29 is 0 Å². The molecule has 132 valence electrons. The highest BCUT2D eigenvalue weighted by molar-refractivity contribution is 5.79. The van der Waals surface area contributed by atoms with E-state index in [2.05, 4.69) is 59.8 Å². The summed E-state index contributed by atoms with van der Waals surface area (Å²) in [7, 11) is 2.22. The Balaban J connectivity index is 1.56. The summed E-state index contributed by atoms with van der Waals surface area (Å²) in [5.41, 5.74) is 1.73. The van der Waals surface area contributed by atoms with Crippen molar-refractivity contribution >= 4 is 5.96 Å². The lowest BCUT2D eigenvalue weighted by Crippen LogP contribution is -2.43. The van der Waals surface area contributed by atoms with Gasteiger partial charge in [0.15, 0.2) is 5.96 Å². The van der Waals surface area contributed by atoms with Crippen LogP contribution in [0.25, 0.3) is 0 Å². The molecule has 4 heteroatoms. The van der Waals surface area contributed by atoms with Gasteiger partial charge in [-0.15, -0.1) is 0 Å². The van der Waals surface area contributed by atoms with Gasteiger partial charge in [0, 0.05) is 25.0 Å². The zero-order chi connectivity index (χ0) is 16.8. The van der Waals surface area contributed by atoms with Crippen LogP contribution in [0.2, 0.25) is 0 Å². The van der Waals surface area contributed by atoms with Crippen molar-refractivity contribution in [3.63, 3.8) is 0 Å². The van der Waals surface area contributed by atoms with Gasteiger partial charge in [-0.1, -0.05) is 30.3 Å². The number of guanidine groups is 1. The Bertz CT molecular complexity index is 536. The minimum atomic E-state index is 0.286. The Labute approximate surface area is 146 Å². The number of nitrogens with zero attached hydrogens (tertiary/aromatic N) is 2. The van der Waals surface area contributed by atoms with Gasteiger partial charge in [0.05, 0.1) is 6.54 Å². The van der Waals surface area contributed by atoms with E-state index in [0.29, 0.717) is 0 Å². The smallest absolute Gasteiger partial charge is 0.191 e. The molecule has 1 aliphatic heterocycles. The summed E-state index contributed by atoms with van der Waals surface area (Å²) in [6.07, 6.45) is 5.15. The molecule has 24 heavy (non-hydrogen) atoms. The molecule has 1 heterocycles. The van der Waals surface area contributed by atoms with Gasteiger partial charge >= 0.3 is 0 Å². The van der Waals surface area contributed by atoms with Gasteiger partial charge in [0.25, 0.3) is 0 Å².